The number of rotatable bonds is 4. The van der Waals surface area contributed by atoms with Gasteiger partial charge in [0.15, 0.2) is 0 Å². The number of nitrogens with zero attached hydrogens (tertiary/aromatic N) is 2. The summed E-state index contributed by atoms with van der Waals surface area (Å²) in [4.78, 5) is 14.1. The van der Waals surface area contributed by atoms with E-state index in [4.69, 9.17) is 11.1 Å². The minimum absolute atomic E-state index is 0.0263. The number of nitrogens with two attached hydrogens (primary N) is 1. The summed E-state index contributed by atoms with van der Waals surface area (Å²) in [7, 11) is 0. The number of nitro groups is 1. The number of hydrogen-bond acceptors (Lipinski definition) is 4. The van der Waals surface area contributed by atoms with Crippen molar-refractivity contribution in [2.45, 2.75) is 0 Å². The van der Waals surface area contributed by atoms with E-state index in [-0.39, 0.29) is 18.1 Å². The van der Waals surface area contributed by atoms with Crippen LogP contribution >= 0.6 is 15.9 Å². The van der Waals surface area contributed by atoms with E-state index in [9.17, 15) is 10.1 Å². The molecule has 1 aromatic rings. The zero-order chi connectivity index (χ0) is 12.1. The van der Waals surface area contributed by atoms with E-state index >= 15 is 0 Å². The van der Waals surface area contributed by atoms with E-state index in [1.54, 1.807) is 12.1 Å². The quantitative estimate of drug-likeness (QED) is 0.380. The van der Waals surface area contributed by atoms with Crippen LogP contribution in [0.25, 0.3) is 0 Å². The summed E-state index contributed by atoms with van der Waals surface area (Å²) in [5.74, 6) is -0.0917. The van der Waals surface area contributed by atoms with Crippen molar-refractivity contribution in [3.05, 3.63) is 38.3 Å². The lowest BCUT2D eigenvalue weighted by Crippen LogP contribution is -2.13. The zero-order valence-corrected chi connectivity index (χ0v) is 9.77. The van der Waals surface area contributed by atoms with Crippen molar-refractivity contribution in [3.8, 4) is 0 Å². The van der Waals surface area contributed by atoms with Crippen molar-refractivity contribution in [3.63, 3.8) is 0 Å². The highest BCUT2D eigenvalue weighted by atomic mass is 79.9. The molecule has 0 fully saturated rings. The molecular weight excluding hydrogens is 276 g/mol. The van der Waals surface area contributed by atoms with Crippen LogP contribution in [0.3, 0.4) is 0 Å². The predicted molar refractivity (Wildman–Crippen MR) is 65.2 cm³/mol. The van der Waals surface area contributed by atoms with Crippen molar-refractivity contribution >= 4 is 33.7 Å². The van der Waals surface area contributed by atoms with Crippen molar-refractivity contribution in [2.24, 2.45) is 10.7 Å². The maximum atomic E-state index is 10.7. The Bertz CT molecular complexity index is 459. The largest absolute Gasteiger partial charge is 0.386 e. The Hall–Kier alpha value is -1.76. The van der Waals surface area contributed by atoms with Gasteiger partial charge in [0.2, 0.25) is 0 Å². The van der Waals surface area contributed by atoms with Crippen LogP contribution in [-0.2, 0) is 0 Å². The predicted octanol–water partition coefficient (Wildman–Crippen LogP) is 1.71. The average molecular weight is 285 g/mol. The van der Waals surface area contributed by atoms with Crippen molar-refractivity contribution < 1.29 is 4.92 Å². The van der Waals surface area contributed by atoms with Gasteiger partial charge in [0.25, 0.3) is 5.69 Å². The molecule has 0 aliphatic carbocycles. The van der Waals surface area contributed by atoms with E-state index in [2.05, 4.69) is 20.9 Å². The van der Waals surface area contributed by atoms with Gasteiger partial charge >= 0.3 is 0 Å². The van der Waals surface area contributed by atoms with Gasteiger partial charge in [0, 0.05) is 16.8 Å². The van der Waals surface area contributed by atoms with Crippen LogP contribution in [0.1, 0.15) is 5.56 Å². The first kappa shape index (κ1) is 12.3. The van der Waals surface area contributed by atoms with E-state index in [0.29, 0.717) is 10.0 Å². The Morgan fingerprint density at radius 1 is 1.69 bits per heavy atom. The second kappa shape index (κ2) is 5.36. The molecule has 0 radical (unpaired) electrons. The molecule has 0 aliphatic heterocycles. The lowest BCUT2D eigenvalue weighted by Gasteiger charge is -1.99. The molecule has 1 rings (SSSR count). The molecule has 16 heavy (non-hydrogen) atoms. The summed E-state index contributed by atoms with van der Waals surface area (Å²) in [5.41, 5.74) is 5.45. The maximum absolute atomic E-state index is 10.7. The Morgan fingerprint density at radius 3 is 2.94 bits per heavy atom. The van der Waals surface area contributed by atoms with Crippen LogP contribution in [0.4, 0.5) is 5.69 Å². The molecule has 6 nitrogen and oxygen atoms in total. The van der Waals surface area contributed by atoms with E-state index in [1.165, 1.54) is 12.3 Å². The summed E-state index contributed by atoms with van der Waals surface area (Å²) >= 11 is 3.20. The molecule has 0 bridgehead atoms. The van der Waals surface area contributed by atoms with Gasteiger partial charge in [-0.1, -0.05) is 6.07 Å². The van der Waals surface area contributed by atoms with Gasteiger partial charge in [0.05, 0.1) is 17.0 Å². The number of nitro benzene ring substituents is 1. The summed E-state index contributed by atoms with van der Waals surface area (Å²) in [6.07, 6.45) is 1.34. The molecule has 84 valence electrons. The summed E-state index contributed by atoms with van der Waals surface area (Å²) in [5, 5.41) is 17.7. The van der Waals surface area contributed by atoms with Gasteiger partial charge < -0.3 is 5.73 Å². The molecule has 0 aromatic heterocycles. The Labute approximate surface area is 100.0 Å². The van der Waals surface area contributed by atoms with Gasteiger partial charge in [-0.15, -0.1) is 0 Å². The maximum Gasteiger partial charge on any atom is 0.279 e. The molecule has 7 heteroatoms. The van der Waals surface area contributed by atoms with Gasteiger partial charge in [-0.2, -0.15) is 0 Å². The fourth-order valence-corrected chi connectivity index (χ4v) is 1.51. The first-order valence-electron chi connectivity index (χ1n) is 4.28. The second-order valence-electron chi connectivity index (χ2n) is 2.92. The third kappa shape index (κ3) is 3.13. The third-order valence-corrected chi connectivity index (χ3v) is 2.40. The fraction of sp³-hybridized carbons (Fsp3) is 0.111. The molecule has 0 amide bonds. The highest BCUT2D eigenvalue weighted by molar-refractivity contribution is 9.10. The fourth-order valence-electron chi connectivity index (χ4n) is 1.05. The molecule has 0 saturated heterocycles. The number of amidine groups is 1. The molecule has 0 unspecified atom stereocenters. The van der Waals surface area contributed by atoms with E-state index in [0.717, 1.165) is 0 Å². The van der Waals surface area contributed by atoms with Crippen molar-refractivity contribution in [1.29, 1.82) is 5.41 Å². The van der Waals surface area contributed by atoms with Crippen molar-refractivity contribution in [1.82, 2.24) is 0 Å². The van der Waals surface area contributed by atoms with Gasteiger partial charge in [-0.05, 0) is 22.0 Å². The minimum Gasteiger partial charge on any atom is -0.386 e. The first-order valence-corrected chi connectivity index (χ1v) is 5.07. The first-order chi connectivity index (χ1) is 7.52. The monoisotopic (exact) mass is 284 g/mol. The molecule has 0 aliphatic rings. The summed E-state index contributed by atoms with van der Waals surface area (Å²) in [6, 6.07) is 4.65. The zero-order valence-electron chi connectivity index (χ0n) is 8.18. The number of nitrogens with one attached hydrogen (secondary N) is 1. The van der Waals surface area contributed by atoms with Gasteiger partial charge in [-0.25, -0.2) is 0 Å². The average Bonchev–Trinajstić information content (AvgIpc) is 2.19. The second-order valence-corrected chi connectivity index (χ2v) is 3.78. The highest BCUT2D eigenvalue weighted by Crippen LogP contribution is 2.24. The third-order valence-electron chi connectivity index (χ3n) is 1.71. The Morgan fingerprint density at radius 2 is 2.38 bits per heavy atom. The minimum atomic E-state index is -0.486. The van der Waals surface area contributed by atoms with Crippen molar-refractivity contribution in [2.75, 3.05) is 6.54 Å². The normalized spacial score (nSPS) is 10.6. The number of halogens is 1. The molecule has 3 N–H and O–H groups in total. The number of benzene rings is 1. The molecular formula is C9H9BrN4O2. The topological polar surface area (TPSA) is 105 Å². The van der Waals surface area contributed by atoms with Crippen LogP contribution in [0.2, 0.25) is 0 Å². The Kier molecular flexibility index (Phi) is 4.12. The summed E-state index contributed by atoms with van der Waals surface area (Å²) < 4.78 is 0.578. The molecule has 0 saturated carbocycles. The lowest BCUT2D eigenvalue weighted by atomic mass is 10.2. The Balaban J connectivity index is 3.06. The SMILES string of the molecule is N=C(N)CN=Cc1c(Br)cccc1[N+](=O)[O-]. The molecule has 1 aromatic carbocycles. The van der Waals surface area contributed by atoms with Crippen LogP contribution in [-0.4, -0.2) is 23.5 Å². The van der Waals surface area contributed by atoms with E-state index < -0.39 is 4.92 Å². The van der Waals surface area contributed by atoms with Crippen LogP contribution in [0.15, 0.2) is 27.7 Å². The van der Waals surface area contributed by atoms with E-state index in [1.807, 2.05) is 0 Å². The number of hydrogen-bond donors (Lipinski definition) is 2. The highest BCUT2D eigenvalue weighted by Gasteiger charge is 2.13. The van der Waals surface area contributed by atoms with Crippen LogP contribution in [0, 0.1) is 15.5 Å². The van der Waals surface area contributed by atoms with Gasteiger partial charge in [-0.3, -0.25) is 20.5 Å². The standard InChI is InChI=1S/C9H9BrN4O2/c10-7-2-1-3-8(14(15)16)6(7)4-13-5-9(11)12/h1-4H,5H2,(H3,11,12). The molecule has 0 heterocycles. The van der Waals surface area contributed by atoms with Crippen LogP contribution in [0.5, 0.6) is 0 Å². The molecule has 0 spiro atoms. The summed E-state index contributed by atoms with van der Waals surface area (Å²) in [6.45, 7) is 0.0263. The van der Waals surface area contributed by atoms with Crippen LogP contribution < -0.4 is 5.73 Å². The lowest BCUT2D eigenvalue weighted by molar-refractivity contribution is -0.385. The number of aliphatic imine (C=N–C) groups is 1. The molecule has 0 atom stereocenters. The smallest absolute Gasteiger partial charge is 0.279 e. The van der Waals surface area contributed by atoms with Gasteiger partial charge in [0.1, 0.15) is 5.84 Å².